The summed E-state index contributed by atoms with van der Waals surface area (Å²) < 4.78 is 5.31. The van der Waals surface area contributed by atoms with Crippen LogP contribution in [0.2, 0.25) is 0 Å². The summed E-state index contributed by atoms with van der Waals surface area (Å²) in [6, 6.07) is 3.52. The van der Waals surface area contributed by atoms with E-state index in [1.807, 2.05) is 19.1 Å². The van der Waals surface area contributed by atoms with Gasteiger partial charge in [-0.05, 0) is 49.8 Å². The van der Waals surface area contributed by atoms with Gasteiger partial charge in [0.25, 0.3) is 0 Å². The van der Waals surface area contributed by atoms with E-state index in [2.05, 4.69) is 24.9 Å². The number of allylic oxidation sites excluding steroid dienone is 4. The molecule has 1 aromatic rings. The third kappa shape index (κ3) is 8.60. The van der Waals surface area contributed by atoms with Gasteiger partial charge in [0.05, 0.1) is 12.3 Å². The second-order valence-electron chi connectivity index (χ2n) is 6.44. The van der Waals surface area contributed by atoms with Gasteiger partial charge in [-0.25, -0.2) is 0 Å². The Morgan fingerprint density at radius 2 is 1.96 bits per heavy atom. The zero-order chi connectivity index (χ0) is 19.4. The van der Waals surface area contributed by atoms with Crippen LogP contribution in [0.3, 0.4) is 0 Å². The fraction of sp³-hybridized carbons (Fsp3) is 0.476. The van der Waals surface area contributed by atoms with Gasteiger partial charge in [-0.3, -0.25) is 14.6 Å². The molecule has 0 radical (unpaired) electrons. The number of carbonyl (C=O) groups is 2. The molecule has 2 atom stereocenters. The van der Waals surface area contributed by atoms with Gasteiger partial charge in [0.1, 0.15) is 6.61 Å². The Bertz CT molecular complexity index is 622. The molecule has 0 saturated carbocycles. The summed E-state index contributed by atoms with van der Waals surface area (Å²) in [5, 5.41) is 9.12. The molecule has 0 amide bonds. The molecule has 142 valence electrons. The minimum absolute atomic E-state index is 0.120. The molecule has 26 heavy (non-hydrogen) atoms. The molecular weight excluding hydrogens is 330 g/mol. The molecule has 0 aliphatic rings. The van der Waals surface area contributed by atoms with E-state index in [0.29, 0.717) is 0 Å². The van der Waals surface area contributed by atoms with Gasteiger partial charge in [0.15, 0.2) is 0 Å². The number of unbranched alkanes of at least 4 members (excludes halogenated alkanes) is 1. The van der Waals surface area contributed by atoms with Crippen molar-refractivity contribution in [1.29, 1.82) is 0 Å². The topological polar surface area (TPSA) is 76.5 Å². The van der Waals surface area contributed by atoms with Gasteiger partial charge < -0.3 is 9.84 Å². The number of carboxylic acids is 1. The van der Waals surface area contributed by atoms with Crippen LogP contribution in [0.15, 0.2) is 48.3 Å². The van der Waals surface area contributed by atoms with Crippen LogP contribution in [0.5, 0.6) is 0 Å². The Kier molecular flexibility index (Phi) is 9.98. The lowest BCUT2D eigenvalue weighted by Gasteiger charge is -2.18. The number of nitrogens with zero attached hydrogens (tertiary/aromatic N) is 1. The van der Waals surface area contributed by atoms with E-state index in [1.165, 1.54) is 5.57 Å². The van der Waals surface area contributed by atoms with Crippen molar-refractivity contribution >= 4 is 11.9 Å². The van der Waals surface area contributed by atoms with Crippen molar-refractivity contribution in [3.8, 4) is 0 Å². The first-order valence-electron chi connectivity index (χ1n) is 9.03. The van der Waals surface area contributed by atoms with E-state index in [4.69, 9.17) is 9.84 Å². The van der Waals surface area contributed by atoms with E-state index < -0.39 is 17.9 Å². The first-order chi connectivity index (χ1) is 12.4. The van der Waals surface area contributed by atoms with E-state index in [1.54, 1.807) is 24.5 Å². The lowest BCUT2D eigenvalue weighted by Crippen LogP contribution is -2.26. The number of ether oxygens (including phenoxy) is 1. The number of carboxylic acid groups (broad SMARTS) is 1. The third-order valence-electron chi connectivity index (χ3n) is 4.29. The highest BCUT2D eigenvalue weighted by molar-refractivity contribution is 5.79. The number of esters is 1. The summed E-state index contributed by atoms with van der Waals surface area (Å²) >= 11 is 0. The SMILES string of the molecule is CCC(C)=CCCC=CC(C)C(CC(=O)O)C(=O)OCc1ccncc1. The Labute approximate surface area is 155 Å². The van der Waals surface area contributed by atoms with Crippen molar-refractivity contribution in [3.05, 3.63) is 53.9 Å². The summed E-state index contributed by atoms with van der Waals surface area (Å²) in [5.74, 6) is -2.38. The van der Waals surface area contributed by atoms with Gasteiger partial charge in [-0.1, -0.05) is 37.6 Å². The third-order valence-corrected chi connectivity index (χ3v) is 4.29. The predicted octanol–water partition coefficient (Wildman–Crippen LogP) is 4.54. The van der Waals surface area contributed by atoms with Crippen molar-refractivity contribution in [1.82, 2.24) is 4.98 Å². The highest BCUT2D eigenvalue weighted by Gasteiger charge is 2.27. The van der Waals surface area contributed by atoms with Crippen LogP contribution >= 0.6 is 0 Å². The van der Waals surface area contributed by atoms with Gasteiger partial charge in [0, 0.05) is 12.4 Å². The molecule has 0 aliphatic carbocycles. The van der Waals surface area contributed by atoms with Crippen LogP contribution in [-0.2, 0) is 20.9 Å². The van der Waals surface area contributed by atoms with Gasteiger partial charge in [-0.15, -0.1) is 0 Å². The van der Waals surface area contributed by atoms with Crippen LogP contribution in [-0.4, -0.2) is 22.0 Å². The molecule has 5 nitrogen and oxygen atoms in total. The van der Waals surface area contributed by atoms with Crippen LogP contribution in [0.4, 0.5) is 0 Å². The van der Waals surface area contributed by atoms with Crippen molar-refractivity contribution in [2.45, 2.75) is 53.1 Å². The van der Waals surface area contributed by atoms with Crippen molar-refractivity contribution in [2.24, 2.45) is 11.8 Å². The maximum Gasteiger partial charge on any atom is 0.310 e. The number of aromatic nitrogens is 1. The maximum atomic E-state index is 12.4. The molecule has 1 heterocycles. The minimum Gasteiger partial charge on any atom is -0.481 e. The maximum absolute atomic E-state index is 12.4. The van der Waals surface area contributed by atoms with Gasteiger partial charge in [0.2, 0.25) is 0 Å². The average Bonchev–Trinajstić information content (AvgIpc) is 2.64. The zero-order valence-corrected chi connectivity index (χ0v) is 15.9. The van der Waals surface area contributed by atoms with Crippen LogP contribution < -0.4 is 0 Å². The van der Waals surface area contributed by atoms with Crippen molar-refractivity contribution < 1.29 is 19.4 Å². The number of hydrogen-bond donors (Lipinski definition) is 1. The fourth-order valence-electron chi connectivity index (χ4n) is 2.43. The summed E-state index contributed by atoms with van der Waals surface area (Å²) in [5.41, 5.74) is 2.18. The smallest absolute Gasteiger partial charge is 0.310 e. The Morgan fingerprint density at radius 3 is 2.58 bits per heavy atom. The number of rotatable bonds is 11. The highest BCUT2D eigenvalue weighted by atomic mass is 16.5. The van der Waals surface area contributed by atoms with E-state index in [-0.39, 0.29) is 18.9 Å². The van der Waals surface area contributed by atoms with Crippen molar-refractivity contribution in [2.75, 3.05) is 0 Å². The normalized spacial score (nSPS) is 14.2. The standard InChI is InChI=1S/C21H29NO4/c1-4-16(2)8-6-5-7-9-17(3)19(14-20(23)24)21(25)26-15-18-10-12-22-13-11-18/h7-13,17,19H,4-6,14-15H2,1-3H3,(H,23,24). The Hall–Kier alpha value is -2.43. The molecule has 0 aliphatic heterocycles. The first kappa shape index (κ1) is 21.6. The summed E-state index contributed by atoms with van der Waals surface area (Å²) in [7, 11) is 0. The molecule has 0 saturated heterocycles. The molecule has 5 heteroatoms. The average molecular weight is 359 g/mol. The first-order valence-corrected chi connectivity index (χ1v) is 9.03. The molecule has 0 bridgehead atoms. The Balaban J connectivity index is 2.60. The molecule has 1 N–H and O–H groups in total. The number of aliphatic carboxylic acids is 1. The van der Waals surface area contributed by atoms with Crippen molar-refractivity contribution in [3.63, 3.8) is 0 Å². The van der Waals surface area contributed by atoms with E-state index in [0.717, 1.165) is 24.8 Å². The summed E-state index contributed by atoms with van der Waals surface area (Å²) in [4.78, 5) is 27.4. The molecule has 1 aromatic heterocycles. The second kappa shape index (κ2) is 12.0. The van der Waals surface area contributed by atoms with Crippen LogP contribution in [0.25, 0.3) is 0 Å². The molecular formula is C21H29NO4. The molecule has 2 unspecified atom stereocenters. The summed E-state index contributed by atoms with van der Waals surface area (Å²) in [6.45, 7) is 6.20. The van der Waals surface area contributed by atoms with Gasteiger partial charge >= 0.3 is 11.9 Å². The van der Waals surface area contributed by atoms with Gasteiger partial charge in [-0.2, -0.15) is 0 Å². The van der Waals surface area contributed by atoms with Crippen LogP contribution in [0, 0.1) is 11.8 Å². The molecule has 1 rings (SSSR count). The number of carbonyl (C=O) groups excluding carboxylic acids is 1. The minimum atomic E-state index is -1.00. The Morgan fingerprint density at radius 1 is 1.27 bits per heavy atom. The molecule has 0 spiro atoms. The number of pyridine rings is 1. The molecule has 0 aromatic carbocycles. The predicted molar refractivity (Wildman–Crippen MR) is 101 cm³/mol. The lowest BCUT2D eigenvalue weighted by molar-refractivity contribution is -0.155. The number of hydrogen-bond acceptors (Lipinski definition) is 4. The zero-order valence-electron chi connectivity index (χ0n) is 15.9. The summed E-state index contributed by atoms with van der Waals surface area (Å²) in [6.07, 6.45) is 12.0. The highest BCUT2D eigenvalue weighted by Crippen LogP contribution is 2.20. The quantitative estimate of drug-likeness (QED) is 0.356. The fourth-order valence-corrected chi connectivity index (χ4v) is 2.43. The largest absolute Gasteiger partial charge is 0.481 e. The van der Waals surface area contributed by atoms with Crippen LogP contribution in [0.1, 0.15) is 52.0 Å². The monoisotopic (exact) mass is 359 g/mol. The molecule has 0 fully saturated rings. The lowest BCUT2D eigenvalue weighted by atomic mass is 9.90. The van der Waals surface area contributed by atoms with E-state index in [9.17, 15) is 9.59 Å². The van der Waals surface area contributed by atoms with E-state index >= 15 is 0 Å². The second-order valence-corrected chi connectivity index (χ2v) is 6.44.